The van der Waals surface area contributed by atoms with E-state index in [1.54, 1.807) is 12.1 Å². The van der Waals surface area contributed by atoms with Gasteiger partial charge in [0.15, 0.2) is 0 Å². The van der Waals surface area contributed by atoms with Crippen molar-refractivity contribution in [2.75, 3.05) is 6.67 Å². The van der Waals surface area contributed by atoms with Gasteiger partial charge in [-0.3, -0.25) is 9.98 Å². The summed E-state index contributed by atoms with van der Waals surface area (Å²) in [5, 5.41) is 19.9. The summed E-state index contributed by atoms with van der Waals surface area (Å²) < 4.78 is 0. The average molecular weight is 310 g/mol. The van der Waals surface area contributed by atoms with Crippen LogP contribution in [-0.4, -0.2) is 28.3 Å². The first kappa shape index (κ1) is 16.7. The molecule has 0 amide bonds. The van der Waals surface area contributed by atoms with Crippen LogP contribution in [0.15, 0.2) is 46.4 Å². The van der Waals surface area contributed by atoms with E-state index < -0.39 is 0 Å². The van der Waals surface area contributed by atoms with Crippen LogP contribution in [0.25, 0.3) is 0 Å². The van der Waals surface area contributed by atoms with Gasteiger partial charge < -0.3 is 10.2 Å². The highest BCUT2D eigenvalue weighted by Gasteiger charge is 2.05. The second kappa shape index (κ2) is 7.09. The molecule has 23 heavy (non-hydrogen) atoms. The lowest BCUT2D eigenvalue weighted by molar-refractivity contribution is 0.473. The highest BCUT2D eigenvalue weighted by molar-refractivity contribution is 6.02. The lowest BCUT2D eigenvalue weighted by atomic mass is 10.1. The Morgan fingerprint density at radius 1 is 0.783 bits per heavy atom. The van der Waals surface area contributed by atoms with Gasteiger partial charge in [-0.05, 0) is 63.1 Å². The maximum absolute atomic E-state index is 9.96. The maximum atomic E-state index is 9.96. The fourth-order valence-corrected chi connectivity index (χ4v) is 2.31. The smallest absolute Gasteiger partial charge is 0.129 e. The van der Waals surface area contributed by atoms with Gasteiger partial charge >= 0.3 is 0 Å². The third-order valence-electron chi connectivity index (χ3n) is 3.70. The number of hydrogen-bond acceptors (Lipinski definition) is 4. The van der Waals surface area contributed by atoms with Crippen molar-refractivity contribution in [2.24, 2.45) is 9.98 Å². The van der Waals surface area contributed by atoms with E-state index in [0.717, 1.165) is 22.6 Å². The van der Waals surface area contributed by atoms with Crippen molar-refractivity contribution < 1.29 is 10.2 Å². The van der Waals surface area contributed by atoms with Crippen LogP contribution in [-0.2, 0) is 0 Å². The molecule has 0 unspecified atom stereocenters. The molecule has 0 radical (unpaired) electrons. The molecule has 0 saturated heterocycles. The Bertz CT molecular complexity index is 711. The number of aryl methyl sites for hydroxylation is 2. The molecule has 0 aliphatic rings. The molecule has 2 N–H and O–H groups in total. The van der Waals surface area contributed by atoms with Gasteiger partial charge in [-0.15, -0.1) is 0 Å². The van der Waals surface area contributed by atoms with Crippen molar-refractivity contribution in [1.29, 1.82) is 0 Å². The molecule has 0 spiro atoms. The van der Waals surface area contributed by atoms with Crippen LogP contribution in [0, 0.1) is 13.8 Å². The summed E-state index contributed by atoms with van der Waals surface area (Å²) in [6.45, 7) is 7.80. The predicted molar refractivity (Wildman–Crippen MR) is 95.0 cm³/mol. The normalized spacial score (nSPS) is 12.5. The molecule has 0 atom stereocenters. The van der Waals surface area contributed by atoms with Gasteiger partial charge in [0.05, 0.1) is 0 Å². The second-order valence-corrected chi connectivity index (χ2v) is 5.67. The van der Waals surface area contributed by atoms with Crippen LogP contribution in [0.2, 0.25) is 0 Å². The summed E-state index contributed by atoms with van der Waals surface area (Å²) in [5.41, 5.74) is 4.88. The van der Waals surface area contributed by atoms with Gasteiger partial charge in [0, 0.05) is 22.6 Å². The lowest BCUT2D eigenvalue weighted by Crippen LogP contribution is -2.00. The molecule has 2 rings (SSSR count). The summed E-state index contributed by atoms with van der Waals surface area (Å²) in [6, 6.07) is 11.0. The zero-order valence-electron chi connectivity index (χ0n) is 14.0. The van der Waals surface area contributed by atoms with E-state index in [1.165, 1.54) is 0 Å². The van der Waals surface area contributed by atoms with Gasteiger partial charge in [0.1, 0.15) is 18.2 Å². The van der Waals surface area contributed by atoms with E-state index in [1.807, 2.05) is 52.0 Å². The Morgan fingerprint density at radius 3 is 1.52 bits per heavy atom. The number of phenolic OH excluding ortho intramolecular Hbond substituents is 2. The van der Waals surface area contributed by atoms with Gasteiger partial charge in [-0.2, -0.15) is 0 Å². The third kappa shape index (κ3) is 4.19. The van der Waals surface area contributed by atoms with E-state index in [-0.39, 0.29) is 18.2 Å². The Hall–Kier alpha value is -2.62. The molecule has 0 saturated carbocycles. The summed E-state index contributed by atoms with van der Waals surface area (Å²) >= 11 is 0. The minimum Gasteiger partial charge on any atom is -0.507 e. The lowest BCUT2D eigenvalue weighted by Gasteiger charge is -2.06. The molecule has 2 aromatic rings. The van der Waals surface area contributed by atoms with Crippen LogP contribution >= 0.6 is 0 Å². The molecule has 0 aliphatic heterocycles. The monoisotopic (exact) mass is 310 g/mol. The zero-order valence-corrected chi connectivity index (χ0v) is 14.0. The first-order valence-corrected chi connectivity index (χ1v) is 7.50. The Morgan fingerprint density at radius 2 is 1.17 bits per heavy atom. The van der Waals surface area contributed by atoms with Crippen molar-refractivity contribution in [3.8, 4) is 11.5 Å². The van der Waals surface area contributed by atoms with Gasteiger partial charge in [-0.1, -0.05) is 12.1 Å². The fourth-order valence-electron chi connectivity index (χ4n) is 2.31. The van der Waals surface area contributed by atoms with Crippen LogP contribution in [0.4, 0.5) is 0 Å². The SMILES string of the molecule is CC(=NCN=C(C)c1ccc(C)cc1O)c1ccc(C)cc1O. The fraction of sp³-hybridized carbons (Fsp3) is 0.263. The number of benzene rings is 2. The number of hydrogen-bond donors (Lipinski definition) is 2. The van der Waals surface area contributed by atoms with Gasteiger partial charge in [-0.25, -0.2) is 0 Å². The average Bonchev–Trinajstić information content (AvgIpc) is 2.46. The van der Waals surface area contributed by atoms with Crippen molar-refractivity contribution in [2.45, 2.75) is 27.7 Å². The van der Waals surface area contributed by atoms with Crippen molar-refractivity contribution in [3.05, 3.63) is 58.7 Å². The van der Waals surface area contributed by atoms with E-state index in [0.29, 0.717) is 11.1 Å². The van der Waals surface area contributed by atoms with Gasteiger partial charge in [0.25, 0.3) is 0 Å². The van der Waals surface area contributed by atoms with Crippen molar-refractivity contribution >= 4 is 11.4 Å². The van der Waals surface area contributed by atoms with E-state index in [2.05, 4.69) is 9.98 Å². The quantitative estimate of drug-likeness (QED) is 0.839. The minimum absolute atomic E-state index is 0.225. The van der Waals surface area contributed by atoms with Crippen molar-refractivity contribution in [3.63, 3.8) is 0 Å². The van der Waals surface area contributed by atoms with Crippen LogP contribution < -0.4 is 0 Å². The Balaban J connectivity index is 2.15. The summed E-state index contributed by atoms with van der Waals surface area (Å²) in [6.07, 6.45) is 0. The number of aromatic hydroxyl groups is 2. The summed E-state index contributed by atoms with van der Waals surface area (Å²) in [4.78, 5) is 8.77. The van der Waals surface area contributed by atoms with E-state index >= 15 is 0 Å². The molecule has 4 nitrogen and oxygen atoms in total. The van der Waals surface area contributed by atoms with E-state index in [9.17, 15) is 10.2 Å². The minimum atomic E-state index is 0.225. The summed E-state index contributed by atoms with van der Waals surface area (Å²) in [5.74, 6) is 0.450. The number of phenols is 2. The standard InChI is InChI=1S/C19H22N2O2/c1-12-5-7-16(18(22)9-12)14(3)20-11-21-15(4)17-8-6-13(2)10-19(17)23/h5-10,22-23H,11H2,1-4H3. The second-order valence-electron chi connectivity index (χ2n) is 5.67. The highest BCUT2D eigenvalue weighted by atomic mass is 16.3. The topological polar surface area (TPSA) is 65.2 Å². The summed E-state index contributed by atoms with van der Waals surface area (Å²) in [7, 11) is 0. The third-order valence-corrected chi connectivity index (χ3v) is 3.70. The van der Waals surface area contributed by atoms with Crippen LogP contribution in [0.5, 0.6) is 11.5 Å². The number of rotatable bonds is 4. The number of aliphatic imine (C=N–C) groups is 2. The largest absolute Gasteiger partial charge is 0.507 e. The molecule has 120 valence electrons. The van der Waals surface area contributed by atoms with Crippen molar-refractivity contribution in [1.82, 2.24) is 0 Å². The first-order valence-electron chi connectivity index (χ1n) is 7.50. The zero-order chi connectivity index (χ0) is 17.0. The van der Waals surface area contributed by atoms with E-state index in [4.69, 9.17) is 0 Å². The maximum Gasteiger partial charge on any atom is 0.129 e. The van der Waals surface area contributed by atoms with Gasteiger partial charge in [0.2, 0.25) is 0 Å². The highest BCUT2D eigenvalue weighted by Crippen LogP contribution is 2.20. The molecule has 0 aliphatic carbocycles. The molecule has 0 aromatic heterocycles. The molecule has 0 bridgehead atoms. The van der Waals surface area contributed by atoms with Crippen LogP contribution in [0.3, 0.4) is 0 Å². The molecule has 2 aromatic carbocycles. The Labute approximate surface area is 136 Å². The van der Waals surface area contributed by atoms with Crippen LogP contribution in [0.1, 0.15) is 36.1 Å². The molecule has 0 heterocycles. The number of nitrogens with zero attached hydrogens (tertiary/aromatic N) is 2. The Kier molecular flexibility index (Phi) is 5.16. The molecular weight excluding hydrogens is 288 g/mol. The molecule has 0 fully saturated rings. The molecular formula is C19H22N2O2. The predicted octanol–water partition coefficient (Wildman–Crippen LogP) is 3.99. The molecule has 4 heteroatoms. The first-order chi connectivity index (χ1) is 10.9.